The summed E-state index contributed by atoms with van der Waals surface area (Å²) in [6, 6.07) is 0. The van der Waals surface area contributed by atoms with Crippen molar-refractivity contribution in [3.8, 4) is 0 Å². The molecular formula is C5H15NO2. The van der Waals surface area contributed by atoms with E-state index in [-0.39, 0.29) is 11.6 Å². The number of hydrogen-bond donors (Lipinski definition) is 1. The minimum Gasteiger partial charge on any atom is -0.412 e. The van der Waals surface area contributed by atoms with Gasteiger partial charge in [-0.05, 0) is 21.0 Å². The summed E-state index contributed by atoms with van der Waals surface area (Å²) < 4.78 is 0. The van der Waals surface area contributed by atoms with Gasteiger partial charge in [-0.2, -0.15) is 0 Å². The predicted molar refractivity (Wildman–Crippen MR) is 33.8 cm³/mol. The van der Waals surface area contributed by atoms with Crippen molar-refractivity contribution in [3.63, 3.8) is 0 Å². The molecule has 3 N–H and O–H groups in total. The Bertz CT molecular complexity index is 39.7. The molecule has 0 amide bonds. The maximum atomic E-state index is 8.68. The van der Waals surface area contributed by atoms with E-state index in [1.807, 2.05) is 19.0 Å². The van der Waals surface area contributed by atoms with Crippen molar-refractivity contribution < 1.29 is 10.6 Å². The van der Waals surface area contributed by atoms with Crippen molar-refractivity contribution in [3.05, 3.63) is 0 Å². The molecule has 0 rings (SSSR count). The van der Waals surface area contributed by atoms with Crippen LogP contribution < -0.4 is 0 Å². The van der Waals surface area contributed by atoms with Gasteiger partial charge in [0, 0.05) is 6.54 Å². The summed E-state index contributed by atoms with van der Waals surface area (Å²) in [5.41, 5.74) is 0. The van der Waals surface area contributed by atoms with Crippen LogP contribution in [-0.2, 0) is 0 Å². The van der Waals surface area contributed by atoms with Gasteiger partial charge in [0.05, 0.1) is 6.10 Å². The van der Waals surface area contributed by atoms with Crippen LogP contribution in [0.4, 0.5) is 0 Å². The second-order valence-electron chi connectivity index (χ2n) is 2.11. The number of hydrogen-bond acceptors (Lipinski definition) is 2. The van der Waals surface area contributed by atoms with E-state index in [2.05, 4.69) is 0 Å². The van der Waals surface area contributed by atoms with Gasteiger partial charge in [-0.25, -0.2) is 0 Å². The highest BCUT2D eigenvalue weighted by Crippen LogP contribution is 1.80. The standard InChI is InChI=1S/C5H13NO.H2O/c1-5(7)4-6(2)3;/h5,7H,4H2,1-3H3;1H2/t5-;/m0./s1. The Morgan fingerprint density at radius 3 is 1.88 bits per heavy atom. The monoisotopic (exact) mass is 121 g/mol. The second-order valence-corrected chi connectivity index (χ2v) is 2.11. The fourth-order valence-corrected chi connectivity index (χ4v) is 0.528. The molecule has 0 spiro atoms. The van der Waals surface area contributed by atoms with E-state index in [0.717, 1.165) is 6.54 Å². The molecule has 3 heteroatoms. The average molecular weight is 121 g/mol. The van der Waals surface area contributed by atoms with Crippen LogP contribution >= 0.6 is 0 Å². The highest BCUT2D eigenvalue weighted by molar-refractivity contribution is 4.48. The van der Waals surface area contributed by atoms with Crippen LogP contribution in [0.3, 0.4) is 0 Å². The third kappa shape index (κ3) is 9.30. The Kier molecular flexibility index (Phi) is 6.78. The van der Waals surface area contributed by atoms with E-state index in [1.165, 1.54) is 0 Å². The number of aliphatic hydroxyl groups is 1. The van der Waals surface area contributed by atoms with E-state index < -0.39 is 0 Å². The molecule has 0 aromatic rings. The van der Waals surface area contributed by atoms with Gasteiger partial charge in [0.2, 0.25) is 0 Å². The molecule has 0 aromatic carbocycles. The van der Waals surface area contributed by atoms with Crippen LogP contribution in [0, 0.1) is 0 Å². The van der Waals surface area contributed by atoms with Crippen molar-refractivity contribution in [2.75, 3.05) is 20.6 Å². The van der Waals surface area contributed by atoms with E-state index in [9.17, 15) is 0 Å². The molecule has 0 aliphatic rings. The van der Waals surface area contributed by atoms with E-state index in [1.54, 1.807) is 6.92 Å². The lowest BCUT2D eigenvalue weighted by atomic mass is 10.4. The van der Waals surface area contributed by atoms with Crippen molar-refractivity contribution in [1.29, 1.82) is 0 Å². The molecule has 0 fully saturated rings. The van der Waals surface area contributed by atoms with Crippen LogP contribution in [-0.4, -0.2) is 42.2 Å². The van der Waals surface area contributed by atoms with E-state index in [0.29, 0.717) is 0 Å². The molecule has 8 heavy (non-hydrogen) atoms. The first-order valence-electron chi connectivity index (χ1n) is 2.45. The molecule has 0 aliphatic heterocycles. The maximum Gasteiger partial charge on any atom is 0.0638 e. The summed E-state index contributed by atoms with van der Waals surface area (Å²) in [5, 5.41) is 8.68. The molecule has 0 radical (unpaired) electrons. The third-order valence-corrected chi connectivity index (χ3v) is 0.629. The Hall–Kier alpha value is -0.120. The third-order valence-electron chi connectivity index (χ3n) is 0.629. The minimum atomic E-state index is -0.199. The molecule has 0 unspecified atom stereocenters. The molecule has 0 bridgehead atoms. The van der Waals surface area contributed by atoms with Gasteiger partial charge in [-0.15, -0.1) is 0 Å². The van der Waals surface area contributed by atoms with Gasteiger partial charge >= 0.3 is 0 Å². The number of rotatable bonds is 2. The van der Waals surface area contributed by atoms with Crippen molar-refractivity contribution >= 4 is 0 Å². The SMILES string of the molecule is C[C@H](O)CN(C)C.O. The number of nitrogens with zero attached hydrogens (tertiary/aromatic N) is 1. The normalized spacial score (nSPS) is 13.1. The van der Waals surface area contributed by atoms with Crippen LogP contribution in [0.2, 0.25) is 0 Å². The van der Waals surface area contributed by atoms with Gasteiger partial charge in [0.15, 0.2) is 0 Å². The lowest BCUT2D eigenvalue weighted by molar-refractivity contribution is 0.154. The molecule has 0 heterocycles. The Morgan fingerprint density at radius 1 is 1.50 bits per heavy atom. The van der Waals surface area contributed by atoms with Gasteiger partial charge in [0.1, 0.15) is 0 Å². The van der Waals surface area contributed by atoms with Crippen LogP contribution in [0.1, 0.15) is 6.92 Å². The molecule has 0 saturated heterocycles. The zero-order valence-corrected chi connectivity index (χ0v) is 5.68. The van der Waals surface area contributed by atoms with Gasteiger partial charge in [-0.3, -0.25) is 0 Å². The lowest BCUT2D eigenvalue weighted by Gasteiger charge is -2.10. The maximum absolute atomic E-state index is 8.68. The zero-order chi connectivity index (χ0) is 5.86. The fourth-order valence-electron chi connectivity index (χ4n) is 0.528. The van der Waals surface area contributed by atoms with Crippen molar-refractivity contribution in [1.82, 2.24) is 4.90 Å². The first-order chi connectivity index (χ1) is 3.13. The quantitative estimate of drug-likeness (QED) is 0.515. The molecule has 0 saturated carbocycles. The van der Waals surface area contributed by atoms with Crippen molar-refractivity contribution in [2.24, 2.45) is 0 Å². The van der Waals surface area contributed by atoms with E-state index in [4.69, 9.17) is 5.11 Å². The molecule has 0 aliphatic carbocycles. The van der Waals surface area contributed by atoms with Crippen LogP contribution in [0.5, 0.6) is 0 Å². The highest BCUT2D eigenvalue weighted by atomic mass is 16.3. The fraction of sp³-hybridized carbons (Fsp3) is 1.00. The number of likely N-dealkylation sites (N-methyl/N-ethyl adjacent to an activating group) is 1. The zero-order valence-electron chi connectivity index (χ0n) is 5.68. The first-order valence-corrected chi connectivity index (χ1v) is 2.45. The molecule has 52 valence electrons. The molecule has 1 atom stereocenters. The predicted octanol–water partition coefficient (Wildman–Crippen LogP) is -0.896. The van der Waals surface area contributed by atoms with Crippen molar-refractivity contribution in [2.45, 2.75) is 13.0 Å². The van der Waals surface area contributed by atoms with Crippen LogP contribution in [0.25, 0.3) is 0 Å². The molecule has 3 nitrogen and oxygen atoms in total. The summed E-state index contributed by atoms with van der Waals surface area (Å²) in [6.45, 7) is 2.53. The number of aliphatic hydroxyl groups excluding tert-OH is 1. The summed E-state index contributed by atoms with van der Waals surface area (Å²) in [5.74, 6) is 0. The summed E-state index contributed by atoms with van der Waals surface area (Å²) in [4.78, 5) is 1.95. The highest BCUT2D eigenvalue weighted by Gasteiger charge is 1.93. The van der Waals surface area contributed by atoms with E-state index >= 15 is 0 Å². The average Bonchev–Trinajstić information content (AvgIpc) is 1.27. The summed E-state index contributed by atoms with van der Waals surface area (Å²) in [6.07, 6.45) is -0.199. The summed E-state index contributed by atoms with van der Waals surface area (Å²) >= 11 is 0. The Labute approximate surface area is 50.2 Å². The van der Waals surface area contributed by atoms with Gasteiger partial charge in [0.25, 0.3) is 0 Å². The lowest BCUT2D eigenvalue weighted by Crippen LogP contribution is -2.22. The Balaban J connectivity index is 0. The second kappa shape index (κ2) is 5.03. The Morgan fingerprint density at radius 2 is 1.88 bits per heavy atom. The van der Waals surface area contributed by atoms with Gasteiger partial charge in [-0.1, -0.05) is 0 Å². The van der Waals surface area contributed by atoms with Crippen LogP contribution in [0.15, 0.2) is 0 Å². The largest absolute Gasteiger partial charge is 0.412 e. The smallest absolute Gasteiger partial charge is 0.0638 e. The first kappa shape index (κ1) is 10.8. The topological polar surface area (TPSA) is 55.0 Å². The minimum absolute atomic E-state index is 0. The molecular weight excluding hydrogens is 106 g/mol. The molecule has 0 aromatic heterocycles. The van der Waals surface area contributed by atoms with Gasteiger partial charge < -0.3 is 15.5 Å². The summed E-state index contributed by atoms with van der Waals surface area (Å²) in [7, 11) is 3.87.